The third-order valence-corrected chi connectivity index (χ3v) is 4.18. The Bertz CT molecular complexity index is 566. The molecule has 3 rings (SSSR count). The van der Waals surface area contributed by atoms with Crippen molar-refractivity contribution in [1.82, 2.24) is 5.32 Å². The maximum Gasteiger partial charge on any atom is 0.135 e. The van der Waals surface area contributed by atoms with Crippen LogP contribution in [-0.4, -0.2) is 19.2 Å². The number of benzene rings is 1. The Morgan fingerprint density at radius 1 is 1.37 bits per heavy atom. The van der Waals surface area contributed by atoms with E-state index in [1.54, 1.807) is 0 Å². The second-order valence-electron chi connectivity index (χ2n) is 4.99. The average molecular weight is 324 g/mol. The Labute approximate surface area is 121 Å². The molecule has 0 aliphatic carbocycles. The van der Waals surface area contributed by atoms with Gasteiger partial charge in [-0.05, 0) is 37.1 Å². The molecule has 1 aliphatic rings. The van der Waals surface area contributed by atoms with Gasteiger partial charge < -0.3 is 14.5 Å². The Morgan fingerprint density at radius 3 is 3.11 bits per heavy atom. The normalized spacial score (nSPS) is 24.5. The topological polar surface area (TPSA) is 34.4 Å². The molecule has 2 heterocycles. The molecule has 1 aromatic heterocycles. The molecule has 0 bridgehead atoms. The lowest BCUT2D eigenvalue weighted by atomic mass is 10.1. The summed E-state index contributed by atoms with van der Waals surface area (Å²) < 4.78 is 12.9. The standard InChI is InChI=1S/C15H18BrNO2/c1-2-12-5-6-18-15(9-17-12)14-8-10-7-11(16)3-4-13(10)19-14/h3-4,7-8,12,15,17H,2,5-6,9H2,1H3. The van der Waals surface area contributed by atoms with Gasteiger partial charge >= 0.3 is 0 Å². The van der Waals surface area contributed by atoms with Crippen molar-refractivity contribution in [1.29, 1.82) is 0 Å². The lowest BCUT2D eigenvalue weighted by Gasteiger charge is -2.13. The van der Waals surface area contributed by atoms with E-state index >= 15 is 0 Å². The quantitative estimate of drug-likeness (QED) is 0.906. The Kier molecular flexibility index (Phi) is 3.91. The number of hydrogen-bond donors (Lipinski definition) is 1. The summed E-state index contributed by atoms with van der Waals surface area (Å²) in [5.41, 5.74) is 0.915. The SMILES string of the molecule is CCC1CCOC(c2cc3cc(Br)ccc3o2)CN1. The van der Waals surface area contributed by atoms with E-state index in [1.807, 2.05) is 12.1 Å². The molecule has 3 nitrogen and oxygen atoms in total. The van der Waals surface area contributed by atoms with Gasteiger partial charge in [-0.2, -0.15) is 0 Å². The minimum absolute atomic E-state index is 0.0164. The molecule has 1 saturated heterocycles. The van der Waals surface area contributed by atoms with E-state index in [2.05, 4.69) is 40.3 Å². The smallest absolute Gasteiger partial charge is 0.135 e. The van der Waals surface area contributed by atoms with Gasteiger partial charge in [-0.1, -0.05) is 22.9 Å². The van der Waals surface area contributed by atoms with Crippen molar-refractivity contribution >= 4 is 26.9 Å². The summed E-state index contributed by atoms with van der Waals surface area (Å²) in [6, 6.07) is 8.69. The summed E-state index contributed by atoms with van der Waals surface area (Å²) in [6.07, 6.45) is 2.23. The second kappa shape index (κ2) is 5.65. The fourth-order valence-electron chi connectivity index (χ4n) is 2.51. The third-order valence-electron chi connectivity index (χ3n) is 3.68. The predicted octanol–water partition coefficient (Wildman–Crippen LogP) is 4.02. The van der Waals surface area contributed by atoms with E-state index in [0.29, 0.717) is 6.04 Å². The molecule has 102 valence electrons. The summed E-state index contributed by atoms with van der Waals surface area (Å²) in [4.78, 5) is 0. The number of halogens is 1. The highest BCUT2D eigenvalue weighted by atomic mass is 79.9. The number of rotatable bonds is 2. The van der Waals surface area contributed by atoms with Crippen LogP contribution in [-0.2, 0) is 4.74 Å². The van der Waals surface area contributed by atoms with E-state index in [-0.39, 0.29) is 6.10 Å². The molecular formula is C15H18BrNO2. The molecule has 0 saturated carbocycles. The molecular weight excluding hydrogens is 306 g/mol. The van der Waals surface area contributed by atoms with Crippen molar-refractivity contribution in [3.63, 3.8) is 0 Å². The van der Waals surface area contributed by atoms with Gasteiger partial charge in [0.2, 0.25) is 0 Å². The van der Waals surface area contributed by atoms with Crippen molar-refractivity contribution < 1.29 is 9.15 Å². The predicted molar refractivity (Wildman–Crippen MR) is 79.3 cm³/mol. The van der Waals surface area contributed by atoms with Crippen LogP contribution in [0.25, 0.3) is 11.0 Å². The van der Waals surface area contributed by atoms with Crippen LogP contribution in [0.4, 0.5) is 0 Å². The van der Waals surface area contributed by atoms with Crippen LogP contribution >= 0.6 is 15.9 Å². The lowest BCUT2D eigenvalue weighted by molar-refractivity contribution is 0.0521. The zero-order valence-electron chi connectivity index (χ0n) is 11.0. The van der Waals surface area contributed by atoms with E-state index in [0.717, 1.165) is 47.2 Å². The number of nitrogens with one attached hydrogen (secondary N) is 1. The van der Waals surface area contributed by atoms with Crippen LogP contribution in [0.5, 0.6) is 0 Å². The minimum Gasteiger partial charge on any atom is -0.458 e. The van der Waals surface area contributed by atoms with Gasteiger partial charge in [-0.15, -0.1) is 0 Å². The molecule has 2 unspecified atom stereocenters. The third kappa shape index (κ3) is 2.86. The van der Waals surface area contributed by atoms with Gasteiger partial charge in [0, 0.05) is 29.1 Å². The van der Waals surface area contributed by atoms with Gasteiger partial charge in [0.05, 0.1) is 0 Å². The molecule has 1 aromatic carbocycles. The first kappa shape index (κ1) is 13.2. The van der Waals surface area contributed by atoms with Crippen LogP contribution in [0.3, 0.4) is 0 Å². The van der Waals surface area contributed by atoms with Gasteiger partial charge in [0.15, 0.2) is 0 Å². The van der Waals surface area contributed by atoms with E-state index in [9.17, 15) is 0 Å². The molecule has 0 amide bonds. The highest BCUT2D eigenvalue weighted by molar-refractivity contribution is 9.10. The fraction of sp³-hybridized carbons (Fsp3) is 0.467. The first-order valence-corrected chi connectivity index (χ1v) is 7.59. The maximum absolute atomic E-state index is 5.91. The summed E-state index contributed by atoms with van der Waals surface area (Å²) in [6.45, 7) is 3.81. The molecule has 2 aromatic rings. The number of hydrogen-bond acceptors (Lipinski definition) is 3. The zero-order valence-corrected chi connectivity index (χ0v) is 12.6. The molecule has 19 heavy (non-hydrogen) atoms. The first-order chi connectivity index (χ1) is 9.26. The largest absolute Gasteiger partial charge is 0.458 e. The lowest BCUT2D eigenvalue weighted by Crippen LogP contribution is -2.29. The van der Waals surface area contributed by atoms with Crippen molar-refractivity contribution in [2.45, 2.75) is 31.9 Å². The molecule has 4 heteroatoms. The van der Waals surface area contributed by atoms with E-state index < -0.39 is 0 Å². The van der Waals surface area contributed by atoms with E-state index in [1.165, 1.54) is 0 Å². The molecule has 1 N–H and O–H groups in total. The van der Waals surface area contributed by atoms with Gasteiger partial charge in [-0.3, -0.25) is 0 Å². The van der Waals surface area contributed by atoms with Crippen LogP contribution in [0.15, 0.2) is 33.2 Å². The summed E-state index contributed by atoms with van der Waals surface area (Å²) in [5.74, 6) is 0.914. The van der Waals surface area contributed by atoms with Crippen LogP contribution in [0.1, 0.15) is 31.6 Å². The average Bonchev–Trinajstić information content (AvgIpc) is 2.68. The maximum atomic E-state index is 5.91. The van der Waals surface area contributed by atoms with Crippen molar-refractivity contribution in [2.24, 2.45) is 0 Å². The van der Waals surface area contributed by atoms with Crippen LogP contribution < -0.4 is 5.32 Å². The molecule has 0 spiro atoms. The van der Waals surface area contributed by atoms with Gasteiger partial charge in [0.25, 0.3) is 0 Å². The molecule has 1 aliphatic heterocycles. The fourth-order valence-corrected chi connectivity index (χ4v) is 2.89. The molecule has 2 atom stereocenters. The number of ether oxygens (including phenoxy) is 1. The first-order valence-electron chi connectivity index (χ1n) is 6.80. The van der Waals surface area contributed by atoms with Crippen LogP contribution in [0.2, 0.25) is 0 Å². The number of fused-ring (bicyclic) bond motifs is 1. The monoisotopic (exact) mass is 323 g/mol. The number of furan rings is 1. The van der Waals surface area contributed by atoms with Crippen LogP contribution in [0, 0.1) is 0 Å². The van der Waals surface area contributed by atoms with Crippen molar-refractivity contribution in [3.05, 3.63) is 34.5 Å². The zero-order chi connectivity index (χ0) is 13.2. The van der Waals surface area contributed by atoms with E-state index in [4.69, 9.17) is 9.15 Å². The van der Waals surface area contributed by atoms with Gasteiger partial charge in [-0.25, -0.2) is 0 Å². The Hall–Kier alpha value is -0.840. The summed E-state index contributed by atoms with van der Waals surface area (Å²) >= 11 is 3.48. The highest BCUT2D eigenvalue weighted by Gasteiger charge is 2.22. The van der Waals surface area contributed by atoms with Crippen molar-refractivity contribution in [3.8, 4) is 0 Å². The second-order valence-corrected chi connectivity index (χ2v) is 5.91. The Morgan fingerprint density at radius 2 is 2.26 bits per heavy atom. The Balaban J connectivity index is 1.83. The highest BCUT2D eigenvalue weighted by Crippen LogP contribution is 2.29. The van der Waals surface area contributed by atoms with Crippen molar-refractivity contribution in [2.75, 3.05) is 13.2 Å². The summed E-state index contributed by atoms with van der Waals surface area (Å²) in [7, 11) is 0. The molecule has 0 radical (unpaired) electrons. The van der Waals surface area contributed by atoms with Gasteiger partial charge in [0.1, 0.15) is 17.4 Å². The minimum atomic E-state index is 0.0164. The molecule has 1 fully saturated rings. The summed E-state index contributed by atoms with van der Waals surface area (Å²) in [5, 5.41) is 4.66.